The lowest BCUT2D eigenvalue weighted by Gasteiger charge is -2.06. The molecule has 3 rings (SSSR count). The molecular formula is C16H11BrN2O2. The normalized spacial score (nSPS) is 10.5. The number of anilines is 1. The van der Waals surface area contributed by atoms with Crippen LogP contribution in [0.1, 0.15) is 10.4 Å². The zero-order valence-corrected chi connectivity index (χ0v) is 12.5. The molecule has 1 amide bonds. The number of aromatic nitrogens is 1. The average molecular weight is 343 g/mol. The van der Waals surface area contributed by atoms with Crippen molar-refractivity contribution in [2.75, 3.05) is 5.32 Å². The highest BCUT2D eigenvalue weighted by Gasteiger charge is 2.09. The number of amides is 1. The SMILES string of the molecule is O=C(Nc1cc(Br)c[nH]c1=O)c1ccc2ccccc2c1. The fourth-order valence-electron chi connectivity index (χ4n) is 2.08. The second-order valence-electron chi connectivity index (χ2n) is 4.58. The van der Waals surface area contributed by atoms with Gasteiger partial charge in [-0.3, -0.25) is 9.59 Å². The first-order valence-electron chi connectivity index (χ1n) is 6.32. The van der Waals surface area contributed by atoms with E-state index >= 15 is 0 Å². The summed E-state index contributed by atoms with van der Waals surface area (Å²) in [7, 11) is 0. The Morgan fingerprint density at radius 3 is 2.62 bits per heavy atom. The molecule has 0 saturated heterocycles. The van der Waals surface area contributed by atoms with E-state index in [0.717, 1.165) is 10.8 Å². The molecule has 1 aromatic heterocycles. The molecule has 0 atom stereocenters. The molecule has 0 spiro atoms. The van der Waals surface area contributed by atoms with Gasteiger partial charge in [0, 0.05) is 16.2 Å². The summed E-state index contributed by atoms with van der Waals surface area (Å²) >= 11 is 3.25. The maximum Gasteiger partial charge on any atom is 0.271 e. The Bertz CT molecular complexity index is 887. The van der Waals surface area contributed by atoms with Crippen LogP contribution in [-0.4, -0.2) is 10.9 Å². The first-order chi connectivity index (χ1) is 10.1. The van der Waals surface area contributed by atoms with Crippen LogP contribution in [0.4, 0.5) is 5.69 Å². The number of rotatable bonds is 2. The standard InChI is InChI=1S/C16H11BrN2O2/c17-13-8-14(16(21)18-9-13)19-15(20)12-6-5-10-3-1-2-4-11(10)7-12/h1-9H,(H,18,21)(H,19,20). The van der Waals surface area contributed by atoms with Crippen LogP contribution in [0.5, 0.6) is 0 Å². The third-order valence-corrected chi connectivity index (χ3v) is 3.59. The lowest BCUT2D eigenvalue weighted by molar-refractivity contribution is 0.102. The topological polar surface area (TPSA) is 62.0 Å². The van der Waals surface area contributed by atoms with Gasteiger partial charge in [0.15, 0.2) is 0 Å². The highest BCUT2D eigenvalue weighted by Crippen LogP contribution is 2.17. The second kappa shape index (κ2) is 5.54. The van der Waals surface area contributed by atoms with E-state index in [1.165, 1.54) is 6.20 Å². The van der Waals surface area contributed by atoms with Gasteiger partial charge in [-0.1, -0.05) is 30.3 Å². The van der Waals surface area contributed by atoms with Gasteiger partial charge in [-0.05, 0) is 44.9 Å². The van der Waals surface area contributed by atoms with E-state index in [-0.39, 0.29) is 17.2 Å². The molecule has 0 aliphatic rings. The molecule has 2 aromatic carbocycles. The summed E-state index contributed by atoms with van der Waals surface area (Å²) in [5, 5.41) is 4.66. The molecule has 0 fully saturated rings. The minimum absolute atomic E-state index is 0.211. The number of benzene rings is 2. The third kappa shape index (κ3) is 2.87. The van der Waals surface area contributed by atoms with E-state index in [0.29, 0.717) is 10.0 Å². The highest BCUT2D eigenvalue weighted by atomic mass is 79.9. The van der Waals surface area contributed by atoms with Crippen LogP contribution >= 0.6 is 15.9 Å². The molecule has 0 saturated carbocycles. The molecule has 104 valence electrons. The Labute approximate surface area is 128 Å². The molecule has 0 aliphatic heterocycles. The van der Waals surface area contributed by atoms with E-state index in [1.807, 2.05) is 30.3 Å². The summed E-state index contributed by atoms with van der Waals surface area (Å²) in [6, 6.07) is 14.8. The number of carbonyl (C=O) groups excluding carboxylic acids is 1. The van der Waals surface area contributed by atoms with Gasteiger partial charge in [0.2, 0.25) is 0 Å². The molecule has 5 heteroatoms. The summed E-state index contributed by atoms with van der Waals surface area (Å²) in [5.41, 5.74) is 0.378. The minimum Gasteiger partial charge on any atom is -0.326 e. The van der Waals surface area contributed by atoms with Crippen LogP contribution < -0.4 is 10.9 Å². The van der Waals surface area contributed by atoms with E-state index in [2.05, 4.69) is 26.2 Å². The summed E-state index contributed by atoms with van der Waals surface area (Å²) in [6.07, 6.45) is 1.52. The number of hydrogen-bond acceptors (Lipinski definition) is 2. The van der Waals surface area contributed by atoms with Crippen LogP contribution in [-0.2, 0) is 0 Å². The van der Waals surface area contributed by atoms with Gasteiger partial charge in [0.25, 0.3) is 11.5 Å². The van der Waals surface area contributed by atoms with Crippen LogP contribution in [0.25, 0.3) is 10.8 Å². The van der Waals surface area contributed by atoms with Crippen molar-refractivity contribution >= 4 is 38.3 Å². The Kier molecular flexibility index (Phi) is 3.58. The minimum atomic E-state index is -0.340. The number of pyridine rings is 1. The predicted molar refractivity (Wildman–Crippen MR) is 86.7 cm³/mol. The number of hydrogen-bond donors (Lipinski definition) is 2. The highest BCUT2D eigenvalue weighted by molar-refractivity contribution is 9.10. The molecule has 21 heavy (non-hydrogen) atoms. The zero-order valence-electron chi connectivity index (χ0n) is 10.9. The lowest BCUT2D eigenvalue weighted by atomic mass is 10.1. The monoisotopic (exact) mass is 342 g/mol. The Balaban J connectivity index is 1.93. The number of H-pyrrole nitrogens is 1. The van der Waals surface area contributed by atoms with Crippen LogP contribution in [0.3, 0.4) is 0 Å². The van der Waals surface area contributed by atoms with Crippen molar-refractivity contribution < 1.29 is 4.79 Å². The largest absolute Gasteiger partial charge is 0.326 e. The van der Waals surface area contributed by atoms with Gasteiger partial charge in [0.1, 0.15) is 5.69 Å². The number of carbonyl (C=O) groups is 1. The van der Waals surface area contributed by atoms with E-state index < -0.39 is 0 Å². The lowest BCUT2D eigenvalue weighted by Crippen LogP contribution is -2.19. The number of fused-ring (bicyclic) bond motifs is 1. The van der Waals surface area contributed by atoms with Crippen molar-refractivity contribution in [3.8, 4) is 0 Å². The van der Waals surface area contributed by atoms with Gasteiger partial charge < -0.3 is 10.3 Å². The van der Waals surface area contributed by atoms with Crippen molar-refractivity contribution in [2.45, 2.75) is 0 Å². The molecule has 1 heterocycles. The van der Waals surface area contributed by atoms with Crippen molar-refractivity contribution in [1.29, 1.82) is 0 Å². The van der Waals surface area contributed by atoms with Crippen molar-refractivity contribution in [2.24, 2.45) is 0 Å². The summed E-state index contributed by atoms with van der Waals surface area (Å²) in [6.45, 7) is 0. The fraction of sp³-hybridized carbons (Fsp3) is 0. The summed E-state index contributed by atoms with van der Waals surface area (Å²) in [4.78, 5) is 26.4. The van der Waals surface area contributed by atoms with Crippen LogP contribution in [0.15, 0.2) is 64.0 Å². The molecule has 0 unspecified atom stereocenters. The molecule has 2 N–H and O–H groups in total. The molecular weight excluding hydrogens is 332 g/mol. The third-order valence-electron chi connectivity index (χ3n) is 3.13. The van der Waals surface area contributed by atoms with Gasteiger partial charge in [-0.15, -0.1) is 0 Å². The molecule has 0 bridgehead atoms. The van der Waals surface area contributed by atoms with E-state index in [9.17, 15) is 9.59 Å². The van der Waals surface area contributed by atoms with Crippen LogP contribution in [0, 0.1) is 0 Å². The first kappa shape index (κ1) is 13.6. The predicted octanol–water partition coefficient (Wildman–Crippen LogP) is 3.54. The van der Waals surface area contributed by atoms with E-state index in [1.54, 1.807) is 18.2 Å². The van der Waals surface area contributed by atoms with Gasteiger partial charge >= 0.3 is 0 Å². The smallest absolute Gasteiger partial charge is 0.271 e. The van der Waals surface area contributed by atoms with E-state index in [4.69, 9.17) is 0 Å². The van der Waals surface area contributed by atoms with Gasteiger partial charge in [-0.2, -0.15) is 0 Å². The van der Waals surface area contributed by atoms with Gasteiger partial charge in [0.05, 0.1) is 0 Å². The number of nitrogens with one attached hydrogen (secondary N) is 2. The fourth-order valence-corrected chi connectivity index (χ4v) is 2.42. The van der Waals surface area contributed by atoms with Crippen molar-refractivity contribution in [1.82, 2.24) is 4.98 Å². The zero-order chi connectivity index (χ0) is 14.8. The van der Waals surface area contributed by atoms with Crippen LogP contribution in [0.2, 0.25) is 0 Å². The Hall–Kier alpha value is -2.40. The summed E-state index contributed by atoms with van der Waals surface area (Å²) < 4.78 is 0.691. The Morgan fingerprint density at radius 2 is 1.81 bits per heavy atom. The molecule has 0 radical (unpaired) electrons. The van der Waals surface area contributed by atoms with Crippen molar-refractivity contribution in [3.05, 3.63) is 75.1 Å². The van der Waals surface area contributed by atoms with Gasteiger partial charge in [-0.25, -0.2) is 0 Å². The molecule has 4 nitrogen and oxygen atoms in total. The average Bonchev–Trinajstić information content (AvgIpc) is 2.50. The maximum absolute atomic E-state index is 12.2. The molecule has 3 aromatic rings. The quantitative estimate of drug-likeness (QED) is 0.748. The number of halogens is 1. The van der Waals surface area contributed by atoms with Crippen molar-refractivity contribution in [3.63, 3.8) is 0 Å². The second-order valence-corrected chi connectivity index (χ2v) is 5.49. The first-order valence-corrected chi connectivity index (χ1v) is 7.11. The Morgan fingerprint density at radius 1 is 1.05 bits per heavy atom. The number of aromatic amines is 1. The molecule has 0 aliphatic carbocycles. The maximum atomic E-state index is 12.2. The summed E-state index contributed by atoms with van der Waals surface area (Å²) in [5.74, 6) is -0.315.